The van der Waals surface area contributed by atoms with Crippen LogP contribution < -0.4 is 25.4 Å². The Morgan fingerprint density at radius 2 is 1.90 bits per heavy atom. The van der Waals surface area contributed by atoms with Crippen molar-refractivity contribution < 1.29 is 31.1 Å². The van der Waals surface area contributed by atoms with E-state index >= 15 is 0 Å². The number of likely N-dealkylation sites (tertiary alicyclic amines) is 1. The molecule has 0 saturated carbocycles. The van der Waals surface area contributed by atoms with Crippen LogP contribution in [0.25, 0.3) is 11.8 Å². The first-order valence-electron chi connectivity index (χ1n) is 12.2. The summed E-state index contributed by atoms with van der Waals surface area (Å²) in [4.78, 5) is 27.0. The van der Waals surface area contributed by atoms with Crippen molar-refractivity contribution in [1.82, 2.24) is 14.8 Å². The number of halogens is 6. The summed E-state index contributed by atoms with van der Waals surface area (Å²) in [6, 6.07) is 8.85. The normalized spacial score (nSPS) is 16.6. The zero-order valence-electron chi connectivity index (χ0n) is 21.0. The van der Waals surface area contributed by atoms with Gasteiger partial charge < -0.3 is 15.5 Å². The van der Waals surface area contributed by atoms with Crippen molar-refractivity contribution in [3.8, 4) is 6.07 Å². The molecule has 2 heterocycles. The van der Waals surface area contributed by atoms with E-state index in [1.165, 1.54) is 6.20 Å². The van der Waals surface area contributed by atoms with E-state index in [-0.39, 0.29) is 28.6 Å². The van der Waals surface area contributed by atoms with Gasteiger partial charge in [0.1, 0.15) is 21.8 Å². The van der Waals surface area contributed by atoms with E-state index in [1.807, 2.05) is 17.0 Å². The number of rotatable bonds is 8. The van der Waals surface area contributed by atoms with E-state index in [9.17, 15) is 41.2 Å². The van der Waals surface area contributed by atoms with Gasteiger partial charge in [0, 0.05) is 25.0 Å². The lowest BCUT2D eigenvalue weighted by atomic mass is 9.96. The van der Waals surface area contributed by atoms with Crippen molar-refractivity contribution in [3.05, 3.63) is 49.4 Å². The Morgan fingerprint density at radius 3 is 2.49 bits per heavy atom. The van der Waals surface area contributed by atoms with E-state index < -0.39 is 41.9 Å². The maximum absolute atomic E-state index is 12.9. The second-order valence-corrected chi connectivity index (χ2v) is 10.0. The van der Waals surface area contributed by atoms with Crippen LogP contribution in [0.1, 0.15) is 25.3 Å². The van der Waals surface area contributed by atoms with Gasteiger partial charge in [-0.3, -0.25) is 14.2 Å². The van der Waals surface area contributed by atoms with Crippen LogP contribution in [0.5, 0.6) is 0 Å². The second-order valence-electron chi connectivity index (χ2n) is 9.00. The van der Waals surface area contributed by atoms with E-state index in [0.717, 1.165) is 21.5 Å². The number of carbonyl (C=O) groups is 1. The highest BCUT2D eigenvalue weighted by Crippen LogP contribution is 2.34. The van der Waals surface area contributed by atoms with Crippen LogP contribution >= 0.6 is 11.3 Å². The topological polar surface area (TPSA) is 90.2 Å². The predicted molar refractivity (Wildman–Crippen MR) is 135 cm³/mol. The molecule has 3 rings (SSSR count). The number of nitrogens with zero attached hydrogens (tertiary/aromatic N) is 3. The molecule has 0 atom stereocenters. The van der Waals surface area contributed by atoms with Gasteiger partial charge in [0.05, 0.1) is 5.92 Å². The summed E-state index contributed by atoms with van der Waals surface area (Å²) in [6.07, 6.45) is -6.62. The van der Waals surface area contributed by atoms with Gasteiger partial charge in [-0.05, 0) is 57.0 Å². The van der Waals surface area contributed by atoms with Crippen molar-refractivity contribution >= 4 is 34.7 Å². The van der Waals surface area contributed by atoms with Gasteiger partial charge in [0.2, 0.25) is 0 Å². The van der Waals surface area contributed by atoms with Crippen LogP contribution in [0, 0.1) is 17.2 Å². The Morgan fingerprint density at radius 1 is 1.21 bits per heavy atom. The van der Waals surface area contributed by atoms with E-state index in [2.05, 4.69) is 5.32 Å². The summed E-state index contributed by atoms with van der Waals surface area (Å²) in [7, 11) is 0. The maximum Gasteiger partial charge on any atom is 0.405 e. The van der Waals surface area contributed by atoms with Gasteiger partial charge in [0.15, 0.2) is 5.57 Å². The molecule has 0 spiro atoms. The first-order valence-corrected chi connectivity index (χ1v) is 13.0. The molecule has 14 heteroatoms. The van der Waals surface area contributed by atoms with E-state index in [0.29, 0.717) is 31.7 Å². The number of benzene rings is 1. The number of alkyl halides is 6. The standard InChI is InChI=1S/C25H27F6N5O2S/c1-2-36-22(38)20(39-23(36)19(13-32)21(37)34-15-24(26,27)28)14-33-18-5-3-4-16(12-18)6-9-35-10-7-17(8-11-35)25(29,30)31/h3-5,12,14,17,33H,2,6-11,15H2,1H3,(H,34,37). The average Bonchev–Trinajstić information content (AvgIpc) is 3.19. The first kappa shape index (κ1) is 30.2. The van der Waals surface area contributed by atoms with Gasteiger partial charge in [-0.1, -0.05) is 12.1 Å². The van der Waals surface area contributed by atoms with Gasteiger partial charge in [0.25, 0.3) is 11.5 Å². The minimum Gasteiger partial charge on any atom is -0.360 e. The van der Waals surface area contributed by atoms with Crippen molar-refractivity contribution in [1.29, 1.82) is 5.26 Å². The number of carbonyl (C=O) groups excluding carboxylic acids is 1. The fourth-order valence-electron chi connectivity index (χ4n) is 4.19. The molecule has 2 N–H and O–H groups in total. The van der Waals surface area contributed by atoms with Crippen LogP contribution in [0.2, 0.25) is 0 Å². The smallest absolute Gasteiger partial charge is 0.360 e. The third kappa shape index (κ3) is 8.34. The molecule has 1 amide bonds. The Balaban J connectivity index is 1.73. The molecule has 39 heavy (non-hydrogen) atoms. The number of piperidine rings is 1. The van der Waals surface area contributed by atoms with E-state index in [4.69, 9.17) is 0 Å². The number of hydrogen-bond donors (Lipinski definition) is 2. The molecule has 0 bridgehead atoms. The van der Waals surface area contributed by atoms with Gasteiger partial charge in [-0.2, -0.15) is 31.6 Å². The second kappa shape index (κ2) is 12.7. The Hall–Kier alpha value is -3.31. The van der Waals surface area contributed by atoms with Crippen LogP contribution in [-0.2, 0) is 17.8 Å². The molecule has 0 aliphatic carbocycles. The number of hydrogen-bond acceptors (Lipinski definition) is 6. The SMILES string of the molecule is CCn1c(=C(C#N)C(=O)NCC(F)(F)F)sc(=CNc2cccc(CCN3CCC(C(F)(F)F)CC3)c2)c1=O. The minimum absolute atomic E-state index is 0.0548. The fourth-order valence-corrected chi connectivity index (χ4v) is 5.28. The number of nitriles is 1. The third-order valence-electron chi connectivity index (χ3n) is 6.29. The van der Waals surface area contributed by atoms with Crippen LogP contribution in [-0.4, -0.2) is 53.9 Å². The summed E-state index contributed by atoms with van der Waals surface area (Å²) in [6.45, 7) is 1.46. The van der Waals surface area contributed by atoms with Gasteiger partial charge in [-0.25, -0.2) is 0 Å². The molecular weight excluding hydrogens is 548 g/mol. The monoisotopic (exact) mass is 575 g/mol. The van der Waals surface area contributed by atoms with E-state index in [1.54, 1.807) is 30.4 Å². The molecule has 1 aliphatic heterocycles. The highest BCUT2D eigenvalue weighted by molar-refractivity contribution is 7.07. The van der Waals surface area contributed by atoms with Crippen LogP contribution in [0.15, 0.2) is 29.1 Å². The van der Waals surface area contributed by atoms with Crippen molar-refractivity contribution in [2.45, 2.75) is 45.1 Å². The largest absolute Gasteiger partial charge is 0.405 e. The quantitative estimate of drug-likeness (QED) is 0.473. The molecule has 1 aromatic heterocycles. The molecule has 0 radical (unpaired) electrons. The first-order chi connectivity index (χ1) is 18.3. The van der Waals surface area contributed by atoms with Crippen LogP contribution in [0.4, 0.5) is 32.0 Å². The highest BCUT2D eigenvalue weighted by atomic mass is 32.1. The number of anilines is 1. The number of aromatic nitrogens is 1. The highest BCUT2D eigenvalue weighted by Gasteiger charge is 2.40. The molecule has 7 nitrogen and oxygen atoms in total. The third-order valence-corrected chi connectivity index (χ3v) is 7.42. The molecule has 1 fully saturated rings. The molecule has 1 aliphatic rings. The zero-order valence-corrected chi connectivity index (χ0v) is 21.8. The minimum atomic E-state index is -4.66. The Bertz CT molecular complexity index is 1380. The molecule has 1 saturated heterocycles. The lowest BCUT2D eigenvalue weighted by Crippen LogP contribution is -2.39. The van der Waals surface area contributed by atoms with Crippen molar-refractivity contribution in [2.75, 3.05) is 31.5 Å². The van der Waals surface area contributed by atoms with Crippen molar-refractivity contribution in [3.63, 3.8) is 0 Å². The molecule has 2 aromatic rings. The lowest BCUT2D eigenvalue weighted by Gasteiger charge is -2.32. The van der Waals surface area contributed by atoms with Gasteiger partial charge in [-0.15, -0.1) is 11.3 Å². The number of thiazole rings is 1. The average molecular weight is 576 g/mol. The number of amides is 1. The maximum atomic E-state index is 12.9. The number of nitrogens with one attached hydrogen (secondary N) is 2. The van der Waals surface area contributed by atoms with Gasteiger partial charge >= 0.3 is 12.4 Å². The summed E-state index contributed by atoms with van der Waals surface area (Å²) in [5.41, 5.74) is 0.461. The molecular formula is C25H27F6N5O2S. The zero-order chi connectivity index (χ0) is 28.8. The predicted octanol–water partition coefficient (Wildman–Crippen LogP) is 2.95. The van der Waals surface area contributed by atoms with Crippen molar-refractivity contribution in [2.24, 2.45) is 5.92 Å². The summed E-state index contributed by atoms with van der Waals surface area (Å²) < 4.78 is 77.3. The summed E-state index contributed by atoms with van der Waals surface area (Å²) in [5.74, 6) is -2.48. The fraction of sp³-hybridized carbons (Fsp3) is 0.480. The molecule has 212 valence electrons. The summed E-state index contributed by atoms with van der Waals surface area (Å²) in [5, 5.41) is 14.1. The lowest BCUT2D eigenvalue weighted by molar-refractivity contribution is -0.185. The molecule has 0 unspecified atom stereocenters. The Kier molecular flexibility index (Phi) is 9.84. The van der Waals surface area contributed by atoms with Crippen LogP contribution in [0.3, 0.4) is 0 Å². The summed E-state index contributed by atoms with van der Waals surface area (Å²) >= 11 is 0.803. The Labute approximate surface area is 224 Å². The molecule has 1 aromatic carbocycles.